The highest BCUT2D eigenvalue weighted by atomic mass is 32.1. The van der Waals surface area contributed by atoms with Crippen molar-refractivity contribution in [2.75, 3.05) is 6.54 Å². The van der Waals surface area contributed by atoms with Crippen LogP contribution in [-0.2, 0) is 4.74 Å². The molecule has 1 aliphatic rings. The first-order valence-corrected chi connectivity index (χ1v) is 8.21. The molecule has 0 bridgehead atoms. The third kappa shape index (κ3) is 2.88. The number of para-hydroxylation sites is 1. The number of thiazole rings is 1. The van der Waals surface area contributed by atoms with Gasteiger partial charge in [0.05, 0.1) is 22.8 Å². The zero-order valence-corrected chi connectivity index (χ0v) is 14.0. The molecule has 2 unspecified atom stereocenters. The number of benzene rings is 1. The van der Waals surface area contributed by atoms with E-state index in [2.05, 4.69) is 4.98 Å². The second-order valence-electron chi connectivity index (χ2n) is 6.48. The fourth-order valence-corrected chi connectivity index (χ4v) is 3.08. The van der Waals surface area contributed by atoms with Crippen molar-refractivity contribution in [1.82, 2.24) is 9.88 Å². The van der Waals surface area contributed by atoms with E-state index in [-0.39, 0.29) is 18.2 Å². The first-order valence-electron chi connectivity index (χ1n) is 7.33. The Bertz CT molecular complexity index is 692. The summed E-state index contributed by atoms with van der Waals surface area (Å²) in [6.07, 6.45) is -0.313. The molecular formula is C16H20N2O3S. The van der Waals surface area contributed by atoms with E-state index in [1.165, 1.54) is 0 Å². The summed E-state index contributed by atoms with van der Waals surface area (Å²) in [6.45, 7) is 8.11. The molecule has 1 saturated heterocycles. The lowest BCUT2D eigenvalue weighted by molar-refractivity contribution is -0.0532. The van der Waals surface area contributed by atoms with Crippen LogP contribution in [0, 0.1) is 0 Å². The van der Waals surface area contributed by atoms with E-state index in [9.17, 15) is 4.79 Å². The largest absolute Gasteiger partial charge is 0.484 e. The average molecular weight is 320 g/mol. The molecule has 1 fully saturated rings. The van der Waals surface area contributed by atoms with Crippen LogP contribution in [0.5, 0.6) is 5.75 Å². The van der Waals surface area contributed by atoms with Gasteiger partial charge in [0.25, 0.3) is 0 Å². The van der Waals surface area contributed by atoms with Crippen LogP contribution < -0.4 is 4.74 Å². The van der Waals surface area contributed by atoms with Gasteiger partial charge in [-0.05, 0) is 39.8 Å². The molecule has 1 amide bonds. The van der Waals surface area contributed by atoms with Gasteiger partial charge in [-0.25, -0.2) is 9.78 Å². The maximum atomic E-state index is 12.1. The maximum absolute atomic E-state index is 12.1. The molecule has 2 atom stereocenters. The van der Waals surface area contributed by atoms with Crippen molar-refractivity contribution in [3.05, 3.63) is 23.7 Å². The zero-order chi connectivity index (χ0) is 15.9. The Morgan fingerprint density at radius 2 is 2.18 bits per heavy atom. The van der Waals surface area contributed by atoms with Gasteiger partial charge in [-0.1, -0.05) is 6.07 Å². The number of ether oxygens (including phenoxy) is 2. The predicted molar refractivity (Wildman–Crippen MR) is 86.4 cm³/mol. The Kier molecular flexibility index (Phi) is 3.72. The molecule has 0 N–H and O–H groups in total. The molecule has 1 aromatic carbocycles. The summed E-state index contributed by atoms with van der Waals surface area (Å²) >= 11 is 1.59. The van der Waals surface area contributed by atoms with Crippen molar-refractivity contribution in [2.45, 2.75) is 45.4 Å². The van der Waals surface area contributed by atoms with Crippen LogP contribution in [0.4, 0.5) is 4.79 Å². The van der Waals surface area contributed by atoms with Crippen molar-refractivity contribution in [2.24, 2.45) is 0 Å². The monoisotopic (exact) mass is 320 g/mol. The third-order valence-electron chi connectivity index (χ3n) is 3.64. The second-order valence-corrected chi connectivity index (χ2v) is 7.37. The van der Waals surface area contributed by atoms with E-state index in [0.29, 0.717) is 6.54 Å². The van der Waals surface area contributed by atoms with Gasteiger partial charge in [-0.2, -0.15) is 0 Å². The smallest absolute Gasteiger partial charge is 0.410 e. The summed E-state index contributed by atoms with van der Waals surface area (Å²) in [6, 6.07) is 5.90. The Balaban J connectivity index is 1.65. The van der Waals surface area contributed by atoms with Gasteiger partial charge in [0.1, 0.15) is 23.0 Å². The molecule has 0 saturated carbocycles. The molecule has 6 heteroatoms. The van der Waals surface area contributed by atoms with Gasteiger partial charge >= 0.3 is 6.09 Å². The molecule has 0 aliphatic carbocycles. The van der Waals surface area contributed by atoms with Crippen molar-refractivity contribution in [3.63, 3.8) is 0 Å². The van der Waals surface area contributed by atoms with E-state index >= 15 is 0 Å². The first-order chi connectivity index (χ1) is 10.3. The number of carbonyl (C=O) groups excluding carboxylic acids is 1. The lowest BCUT2D eigenvalue weighted by atomic mass is 10.0. The Labute approximate surface area is 133 Å². The number of amides is 1. The number of aromatic nitrogens is 1. The van der Waals surface area contributed by atoms with Crippen molar-refractivity contribution in [1.29, 1.82) is 0 Å². The van der Waals surface area contributed by atoms with E-state index in [1.807, 2.05) is 51.4 Å². The highest BCUT2D eigenvalue weighted by molar-refractivity contribution is 7.16. The van der Waals surface area contributed by atoms with Gasteiger partial charge in [-0.3, -0.25) is 4.90 Å². The molecular weight excluding hydrogens is 300 g/mol. The fourth-order valence-electron chi connectivity index (χ4n) is 2.39. The molecule has 3 rings (SSSR count). The van der Waals surface area contributed by atoms with E-state index in [1.54, 1.807) is 16.2 Å². The summed E-state index contributed by atoms with van der Waals surface area (Å²) in [7, 11) is 0. The van der Waals surface area contributed by atoms with Crippen LogP contribution in [0.2, 0.25) is 0 Å². The normalized spacial score (nSPS) is 21.5. The van der Waals surface area contributed by atoms with E-state index in [0.717, 1.165) is 16.0 Å². The molecule has 2 aromatic rings. The van der Waals surface area contributed by atoms with E-state index in [4.69, 9.17) is 9.47 Å². The van der Waals surface area contributed by atoms with Crippen LogP contribution in [0.1, 0.15) is 27.7 Å². The predicted octanol–water partition coefficient (Wildman–Crippen LogP) is 3.68. The first kappa shape index (κ1) is 15.1. The molecule has 0 spiro atoms. The van der Waals surface area contributed by atoms with Gasteiger partial charge in [-0.15, -0.1) is 11.3 Å². The molecule has 5 nitrogen and oxygen atoms in total. The quantitative estimate of drug-likeness (QED) is 0.847. The highest BCUT2D eigenvalue weighted by Gasteiger charge is 2.42. The van der Waals surface area contributed by atoms with Crippen molar-refractivity contribution >= 4 is 27.6 Å². The number of carbonyl (C=O) groups is 1. The number of fused-ring (bicyclic) bond motifs is 1. The zero-order valence-electron chi connectivity index (χ0n) is 13.2. The minimum atomic E-state index is -0.477. The minimum absolute atomic E-state index is 0.0104. The molecule has 2 heterocycles. The number of hydrogen-bond donors (Lipinski definition) is 0. The number of nitrogens with zero attached hydrogens (tertiary/aromatic N) is 2. The van der Waals surface area contributed by atoms with Gasteiger partial charge in [0, 0.05) is 0 Å². The SMILES string of the molecule is CC1C(Oc2cccc3scnc23)CN1C(=O)OC(C)(C)C. The number of likely N-dealkylation sites (tertiary alicyclic amines) is 1. The Morgan fingerprint density at radius 3 is 2.86 bits per heavy atom. The molecule has 118 valence electrons. The fraction of sp³-hybridized carbons (Fsp3) is 0.500. The molecule has 0 radical (unpaired) electrons. The van der Waals surface area contributed by atoms with Crippen LogP contribution in [0.3, 0.4) is 0 Å². The van der Waals surface area contributed by atoms with Crippen LogP contribution in [-0.4, -0.2) is 40.3 Å². The molecule has 1 aliphatic heterocycles. The Morgan fingerprint density at radius 1 is 1.41 bits per heavy atom. The van der Waals surface area contributed by atoms with Gasteiger partial charge < -0.3 is 9.47 Å². The van der Waals surface area contributed by atoms with Gasteiger partial charge in [0.2, 0.25) is 0 Å². The van der Waals surface area contributed by atoms with Crippen LogP contribution in [0.25, 0.3) is 10.2 Å². The Hall–Kier alpha value is -1.82. The van der Waals surface area contributed by atoms with Crippen LogP contribution >= 0.6 is 11.3 Å². The van der Waals surface area contributed by atoms with Gasteiger partial charge in [0.15, 0.2) is 0 Å². The minimum Gasteiger partial charge on any atom is -0.484 e. The topological polar surface area (TPSA) is 51.7 Å². The third-order valence-corrected chi connectivity index (χ3v) is 4.43. The van der Waals surface area contributed by atoms with Crippen LogP contribution in [0.15, 0.2) is 23.7 Å². The van der Waals surface area contributed by atoms with Crippen molar-refractivity contribution < 1.29 is 14.3 Å². The molecule has 22 heavy (non-hydrogen) atoms. The molecule has 1 aromatic heterocycles. The van der Waals surface area contributed by atoms with Crippen molar-refractivity contribution in [3.8, 4) is 5.75 Å². The summed E-state index contributed by atoms with van der Waals surface area (Å²) < 4.78 is 12.5. The number of hydrogen-bond acceptors (Lipinski definition) is 5. The summed E-state index contributed by atoms with van der Waals surface area (Å²) in [5.41, 5.74) is 2.22. The number of rotatable bonds is 2. The summed E-state index contributed by atoms with van der Waals surface area (Å²) in [5, 5.41) is 0. The summed E-state index contributed by atoms with van der Waals surface area (Å²) in [5.74, 6) is 0.777. The lowest BCUT2D eigenvalue weighted by Crippen LogP contribution is -2.63. The lowest BCUT2D eigenvalue weighted by Gasteiger charge is -2.45. The second kappa shape index (κ2) is 5.43. The average Bonchev–Trinajstić information content (AvgIpc) is 2.89. The summed E-state index contributed by atoms with van der Waals surface area (Å²) in [4.78, 5) is 18.1. The highest BCUT2D eigenvalue weighted by Crippen LogP contribution is 2.31. The van der Waals surface area contributed by atoms with E-state index < -0.39 is 5.60 Å². The standard InChI is InChI=1S/C16H20N2O3S/c1-10-12(8-18(10)15(19)21-16(2,3)4)20-11-6-5-7-13-14(11)17-9-22-13/h5-7,9-10,12H,8H2,1-4H3. The maximum Gasteiger partial charge on any atom is 0.410 e.